The van der Waals surface area contributed by atoms with E-state index in [-0.39, 0.29) is 11.7 Å². The summed E-state index contributed by atoms with van der Waals surface area (Å²) in [4.78, 5) is 16.7. The quantitative estimate of drug-likeness (QED) is 0.813. The molecule has 5 nitrogen and oxygen atoms in total. The summed E-state index contributed by atoms with van der Waals surface area (Å²) in [5, 5.41) is 2.81. The SMILES string of the molecule is Cc1ccc(F)cc1NC(=O)CN1CCN(CCOc2ccccc2)CC1. The fourth-order valence-corrected chi connectivity index (χ4v) is 3.10. The Morgan fingerprint density at radius 2 is 1.78 bits per heavy atom. The number of hydrogen-bond acceptors (Lipinski definition) is 4. The Labute approximate surface area is 159 Å². The van der Waals surface area contributed by atoms with E-state index in [0.29, 0.717) is 18.8 Å². The topological polar surface area (TPSA) is 44.8 Å². The Morgan fingerprint density at radius 3 is 2.52 bits per heavy atom. The molecule has 0 bridgehead atoms. The van der Waals surface area contributed by atoms with Crippen LogP contribution in [0, 0.1) is 12.7 Å². The van der Waals surface area contributed by atoms with Crippen molar-refractivity contribution in [3.63, 3.8) is 0 Å². The van der Waals surface area contributed by atoms with Crippen molar-refractivity contribution < 1.29 is 13.9 Å². The van der Waals surface area contributed by atoms with Gasteiger partial charge in [-0.05, 0) is 36.8 Å². The minimum absolute atomic E-state index is 0.107. The lowest BCUT2D eigenvalue weighted by Gasteiger charge is -2.34. The number of ether oxygens (including phenoxy) is 1. The number of benzene rings is 2. The molecule has 0 spiro atoms. The number of rotatable bonds is 7. The molecule has 0 unspecified atom stereocenters. The first kappa shape index (κ1) is 19.3. The zero-order chi connectivity index (χ0) is 19.1. The predicted octanol–water partition coefficient (Wildman–Crippen LogP) is 2.77. The maximum Gasteiger partial charge on any atom is 0.238 e. The minimum atomic E-state index is -0.345. The average Bonchev–Trinajstić information content (AvgIpc) is 2.67. The Hall–Kier alpha value is -2.44. The van der Waals surface area contributed by atoms with Crippen LogP contribution in [0.5, 0.6) is 5.75 Å². The summed E-state index contributed by atoms with van der Waals surface area (Å²) in [6, 6.07) is 14.2. The summed E-state index contributed by atoms with van der Waals surface area (Å²) in [5.74, 6) is 0.437. The van der Waals surface area contributed by atoms with E-state index in [1.165, 1.54) is 12.1 Å². The van der Waals surface area contributed by atoms with Crippen molar-refractivity contribution in [3.8, 4) is 5.75 Å². The van der Waals surface area contributed by atoms with E-state index in [0.717, 1.165) is 44.0 Å². The highest BCUT2D eigenvalue weighted by Gasteiger charge is 2.19. The first-order valence-corrected chi connectivity index (χ1v) is 9.29. The number of carbonyl (C=O) groups is 1. The smallest absolute Gasteiger partial charge is 0.238 e. The fourth-order valence-electron chi connectivity index (χ4n) is 3.10. The maximum absolute atomic E-state index is 13.3. The Balaban J connectivity index is 1.36. The second-order valence-electron chi connectivity index (χ2n) is 6.79. The van der Waals surface area contributed by atoms with Crippen molar-refractivity contribution in [2.45, 2.75) is 6.92 Å². The van der Waals surface area contributed by atoms with Gasteiger partial charge in [0.15, 0.2) is 0 Å². The second kappa shape index (κ2) is 9.48. The molecule has 2 aromatic rings. The van der Waals surface area contributed by atoms with Crippen LogP contribution >= 0.6 is 0 Å². The Morgan fingerprint density at radius 1 is 1.07 bits per heavy atom. The van der Waals surface area contributed by atoms with Gasteiger partial charge in [0, 0.05) is 38.4 Å². The molecule has 1 amide bonds. The summed E-state index contributed by atoms with van der Waals surface area (Å²) < 4.78 is 19.1. The number of hydrogen-bond donors (Lipinski definition) is 1. The van der Waals surface area contributed by atoms with Crippen LogP contribution in [0.2, 0.25) is 0 Å². The molecule has 2 aromatic carbocycles. The van der Waals surface area contributed by atoms with Crippen LogP contribution in [0.1, 0.15) is 5.56 Å². The highest BCUT2D eigenvalue weighted by atomic mass is 19.1. The molecule has 1 aliphatic rings. The van der Waals surface area contributed by atoms with Crippen molar-refractivity contribution in [1.82, 2.24) is 9.80 Å². The summed E-state index contributed by atoms with van der Waals surface area (Å²) in [6.45, 7) is 7.19. The zero-order valence-electron chi connectivity index (χ0n) is 15.7. The lowest BCUT2D eigenvalue weighted by Crippen LogP contribution is -2.49. The second-order valence-corrected chi connectivity index (χ2v) is 6.79. The Kier molecular flexibility index (Phi) is 6.79. The van der Waals surface area contributed by atoms with E-state index >= 15 is 0 Å². The van der Waals surface area contributed by atoms with Gasteiger partial charge in [0.25, 0.3) is 0 Å². The normalized spacial score (nSPS) is 15.5. The van der Waals surface area contributed by atoms with Gasteiger partial charge in [-0.25, -0.2) is 4.39 Å². The van der Waals surface area contributed by atoms with Crippen LogP contribution in [0.25, 0.3) is 0 Å². The first-order chi connectivity index (χ1) is 13.1. The molecule has 1 heterocycles. The van der Waals surface area contributed by atoms with Gasteiger partial charge in [0.2, 0.25) is 5.91 Å². The van der Waals surface area contributed by atoms with Gasteiger partial charge in [-0.2, -0.15) is 0 Å². The van der Waals surface area contributed by atoms with Crippen molar-refractivity contribution >= 4 is 11.6 Å². The number of nitrogens with zero attached hydrogens (tertiary/aromatic N) is 2. The largest absolute Gasteiger partial charge is 0.492 e. The van der Waals surface area contributed by atoms with Gasteiger partial charge in [-0.15, -0.1) is 0 Å². The number of carbonyl (C=O) groups excluding carboxylic acids is 1. The third-order valence-corrected chi connectivity index (χ3v) is 4.73. The molecule has 1 N–H and O–H groups in total. The lowest BCUT2D eigenvalue weighted by molar-refractivity contribution is -0.117. The van der Waals surface area contributed by atoms with Crippen molar-refractivity contribution in [1.29, 1.82) is 0 Å². The monoisotopic (exact) mass is 371 g/mol. The van der Waals surface area contributed by atoms with E-state index in [9.17, 15) is 9.18 Å². The van der Waals surface area contributed by atoms with Crippen molar-refractivity contribution in [2.24, 2.45) is 0 Å². The van der Waals surface area contributed by atoms with Crippen LogP contribution in [-0.2, 0) is 4.79 Å². The lowest BCUT2D eigenvalue weighted by atomic mass is 10.2. The average molecular weight is 371 g/mol. The van der Waals surface area contributed by atoms with Crippen LogP contribution in [0.3, 0.4) is 0 Å². The molecule has 1 saturated heterocycles. The summed E-state index contributed by atoms with van der Waals surface area (Å²) in [5.41, 5.74) is 1.39. The molecule has 0 radical (unpaired) electrons. The van der Waals surface area contributed by atoms with Crippen molar-refractivity contribution in [3.05, 3.63) is 59.9 Å². The van der Waals surface area contributed by atoms with Gasteiger partial charge >= 0.3 is 0 Å². The fraction of sp³-hybridized carbons (Fsp3) is 0.381. The number of anilines is 1. The molecule has 27 heavy (non-hydrogen) atoms. The van der Waals surface area contributed by atoms with Gasteiger partial charge in [0.1, 0.15) is 18.2 Å². The summed E-state index contributed by atoms with van der Waals surface area (Å²) in [6.07, 6.45) is 0. The molecule has 144 valence electrons. The zero-order valence-corrected chi connectivity index (χ0v) is 15.7. The standard InChI is InChI=1S/C21H26FN3O2/c1-17-7-8-18(22)15-20(17)23-21(26)16-25-11-9-24(10-12-25)13-14-27-19-5-3-2-4-6-19/h2-8,15H,9-14,16H2,1H3,(H,23,26). The molecule has 0 aliphatic carbocycles. The van der Waals surface area contributed by atoms with Crippen LogP contribution in [0.4, 0.5) is 10.1 Å². The van der Waals surface area contributed by atoms with Gasteiger partial charge in [0.05, 0.1) is 6.54 Å². The van der Waals surface area contributed by atoms with E-state index in [1.54, 1.807) is 6.07 Å². The predicted molar refractivity (Wildman–Crippen MR) is 105 cm³/mol. The third-order valence-electron chi connectivity index (χ3n) is 4.73. The van der Waals surface area contributed by atoms with Gasteiger partial charge < -0.3 is 10.1 Å². The molecule has 3 rings (SSSR count). The molecule has 0 aromatic heterocycles. The summed E-state index contributed by atoms with van der Waals surface area (Å²) >= 11 is 0. The molecule has 6 heteroatoms. The van der Waals surface area contributed by atoms with E-state index in [4.69, 9.17) is 4.74 Å². The number of para-hydroxylation sites is 1. The molecule has 0 atom stereocenters. The maximum atomic E-state index is 13.3. The van der Waals surface area contributed by atoms with Crippen LogP contribution in [0.15, 0.2) is 48.5 Å². The molecule has 1 fully saturated rings. The number of amides is 1. The van der Waals surface area contributed by atoms with E-state index < -0.39 is 0 Å². The van der Waals surface area contributed by atoms with Gasteiger partial charge in [-0.3, -0.25) is 14.6 Å². The van der Waals surface area contributed by atoms with Gasteiger partial charge in [-0.1, -0.05) is 24.3 Å². The Bertz CT molecular complexity index is 746. The molecular formula is C21H26FN3O2. The van der Waals surface area contributed by atoms with E-state index in [1.807, 2.05) is 37.3 Å². The first-order valence-electron chi connectivity index (χ1n) is 9.29. The number of aryl methyl sites for hydroxylation is 1. The molecular weight excluding hydrogens is 345 g/mol. The summed E-state index contributed by atoms with van der Waals surface area (Å²) in [7, 11) is 0. The minimum Gasteiger partial charge on any atom is -0.492 e. The van der Waals surface area contributed by atoms with Crippen molar-refractivity contribution in [2.75, 3.05) is 51.2 Å². The number of piperazine rings is 1. The third kappa shape index (κ3) is 6.05. The molecule has 0 saturated carbocycles. The highest BCUT2D eigenvalue weighted by Crippen LogP contribution is 2.16. The van der Waals surface area contributed by atoms with E-state index in [2.05, 4.69) is 15.1 Å². The van der Waals surface area contributed by atoms with Crippen LogP contribution < -0.4 is 10.1 Å². The highest BCUT2D eigenvalue weighted by molar-refractivity contribution is 5.92. The molecule has 1 aliphatic heterocycles. The number of nitrogens with one attached hydrogen (secondary N) is 1. The van der Waals surface area contributed by atoms with Crippen LogP contribution in [-0.4, -0.2) is 61.6 Å². The number of halogens is 1.